The quantitative estimate of drug-likeness (QED) is 0.759. The highest BCUT2D eigenvalue weighted by Crippen LogP contribution is 2.28. The Morgan fingerprint density at radius 1 is 1.07 bits per heavy atom. The zero-order valence-electron chi connectivity index (χ0n) is 17.1. The van der Waals surface area contributed by atoms with Crippen LogP contribution in [0, 0.1) is 19.7 Å². The van der Waals surface area contributed by atoms with E-state index in [1.54, 1.807) is 6.07 Å². The van der Waals surface area contributed by atoms with Crippen molar-refractivity contribution in [3.05, 3.63) is 64.5 Å². The van der Waals surface area contributed by atoms with Gasteiger partial charge in [-0.25, -0.2) is 12.8 Å². The van der Waals surface area contributed by atoms with Gasteiger partial charge in [0, 0.05) is 6.42 Å². The maximum Gasteiger partial charge on any atom is 0.225 e. The van der Waals surface area contributed by atoms with Crippen LogP contribution in [-0.4, -0.2) is 20.1 Å². The van der Waals surface area contributed by atoms with E-state index in [-0.39, 0.29) is 29.0 Å². The van der Waals surface area contributed by atoms with E-state index in [0.29, 0.717) is 0 Å². The minimum Gasteiger partial charge on any atom is -0.324 e. The van der Waals surface area contributed by atoms with Crippen molar-refractivity contribution in [3.63, 3.8) is 0 Å². The number of aryl methyl sites for hydroxylation is 2. The summed E-state index contributed by atoms with van der Waals surface area (Å²) in [5.74, 6) is -1.47. The third-order valence-electron chi connectivity index (χ3n) is 4.71. The Kier molecular flexibility index (Phi) is 6.65. The Labute approximate surface area is 167 Å². The predicted octanol–water partition coefficient (Wildman–Crippen LogP) is 4.68. The summed E-state index contributed by atoms with van der Waals surface area (Å²) in [4.78, 5) is 12.0. The van der Waals surface area contributed by atoms with Gasteiger partial charge in [-0.1, -0.05) is 45.0 Å². The molecule has 2 rings (SSSR count). The van der Waals surface area contributed by atoms with Gasteiger partial charge in [-0.05, 0) is 53.6 Å². The second-order valence-electron chi connectivity index (χ2n) is 8.21. The van der Waals surface area contributed by atoms with Gasteiger partial charge in [0.25, 0.3) is 0 Å². The molecule has 0 spiro atoms. The lowest BCUT2D eigenvalue weighted by Gasteiger charge is -2.22. The minimum absolute atomic E-state index is 0.0161. The summed E-state index contributed by atoms with van der Waals surface area (Å²) < 4.78 is 38.7. The molecule has 0 atom stereocenters. The largest absolute Gasteiger partial charge is 0.324 e. The maximum atomic E-state index is 13.6. The van der Waals surface area contributed by atoms with Crippen molar-refractivity contribution in [1.29, 1.82) is 0 Å². The SMILES string of the molecule is Cc1cc(C(C)(C)C)cc(C)c1CS(=O)(=O)CCC(=O)Nc1ccccc1F. The van der Waals surface area contributed by atoms with E-state index in [9.17, 15) is 17.6 Å². The summed E-state index contributed by atoms with van der Waals surface area (Å²) in [5, 5.41) is 2.42. The van der Waals surface area contributed by atoms with Crippen molar-refractivity contribution in [1.82, 2.24) is 0 Å². The summed E-state index contributed by atoms with van der Waals surface area (Å²) in [6, 6.07) is 9.85. The molecule has 0 aliphatic heterocycles. The first-order valence-electron chi connectivity index (χ1n) is 9.24. The van der Waals surface area contributed by atoms with Gasteiger partial charge in [0.15, 0.2) is 9.84 Å². The van der Waals surface area contributed by atoms with E-state index in [2.05, 4.69) is 26.1 Å². The van der Waals surface area contributed by atoms with Crippen molar-refractivity contribution >= 4 is 21.4 Å². The van der Waals surface area contributed by atoms with E-state index in [1.165, 1.54) is 18.2 Å². The molecule has 0 bridgehead atoms. The van der Waals surface area contributed by atoms with Crippen LogP contribution >= 0.6 is 0 Å². The first-order chi connectivity index (χ1) is 12.9. The number of para-hydroxylation sites is 1. The molecule has 28 heavy (non-hydrogen) atoms. The monoisotopic (exact) mass is 405 g/mol. The molecule has 2 aromatic rings. The molecule has 0 saturated heterocycles. The number of hydrogen-bond donors (Lipinski definition) is 1. The number of nitrogens with one attached hydrogen (secondary N) is 1. The second-order valence-corrected chi connectivity index (χ2v) is 10.4. The fourth-order valence-corrected chi connectivity index (χ4v) is 4.51. The fraction of sp³-hybridized carbons (Fsp3) is 0.409. The van der Waals surface area contributed by atoms with Gasteiger partial charge in [-0.3, -0.25) is 4.79 Å². The molecule has 152 valence electrons. The first-order valence-corrected chi connectivity index (χ1v) is 11.1. The number of halogens is 1. The second kappa shape index (κ2) is 8.43. The number of sulfone groups is 1. The van der Waals surface area contributed by atoms with Crippen molar-refractivity contribution in [2.75, 3.05) is 11.1 Å². The average molecular weight is 406 g/mol. The molecule has 4 nitrogen and oxygen atoms in total. The summed E-state index contributed by atoms with van der Waals surface area (Å²) in [6.07, 6.45) is -0.213. The highest BCUT2D eigenvalue weighted by Gasteiger charge is 2.20. The van der Waals surface area contributed by atoms with Crippen LogP contribution in [0.4, 0.5) is 10.1 Å². The Hall–Kier alpha value is -2.21. The molecule has 6 heteroatoms. The lowest BCUT2D eigenvalue weighted by atomic mass is 9.84. The standard InChI is InChI=1S/C22H28FNO3S/c1-15-12-17(22(3,4)5)13-16(2)18(15)14-28(26,27)11-10-21(25)24-20-9-7-6-8-19(20)23/h6-9,12-13H,10-11,14H2,1-5H3,(H,24,25). The van der Waals surface area contributed by atoms with Crippen LogP contribution in [0.25, 0.3) is 0 Å². The number of carbonyl (C=O) groups excluding carboxylic acids is 1. The van der Waals surface area contributed by atoms with E-state index in [0.717, 1.165) is 22.3 Å². The highest BCUT2D eigenvalue weighted by molar-refractivity contribution is 7.90. The molecule has 0 aliphatic carbocycles. The first kappa shape index (κ1) is 22.1. The van der Waals surface area contributed by atoms with E-state index >= 15 is 0 Å². The summed E-state index contributed by atoms with van der Waals surface area (Å²) in [5.41, 5.74) is 3.84. The molecule has 2 aromatic carbocycles. The van der Waals surface area contributed by atoms with Crippen LogP contribution in [0.2, 0.25) is 0 Å². The lowest BCUT2D eigenvalue weighted by molar-refractivity contribution is -0.115. The maximum absolute atomic E-state index is 13.6. The Balaban J connectivity index is 2.06. The zero-order valence-corrected chi connectivity index (χ0v) is 17.9. The van der Waals surface area contributed by atoms with E-state index < -0.39 is 21.6 Å². The zero-order chi connectivity index (χ0) is 21.1. The highest BCUT2D eigenvalue weighted by atomic mass is 32.2. The van der Waals surface area contributed by atoms with Crippen LogP contribution in [0.1, 0.15) is 49.4 Å². The minimum atomic E-state index is -3.48. The number of rotatable bonds is 6. The smallest absolute Gasteiger partial charge is 0.225 e. The van der Waals surface area contributed by atoms with Gasteiger partial charge in [0.1, 0.15) is 5.82 Å². The molecule has 0 radical (unpaired) electrons. The third kappa shape index (κ3) is 5.89. The van der Waals surface area contributed by atoms with Crippen molar-refractivity contribution in [2.45, 2.75) is 52.2 Å². The van der Waals surface area contributed by atoms with Crippen LogP contribution in [0.15, 0.2) is 36.4 Å². The summed E-state index contributed by atoms with van der Waals surface area (Å²) >= 11 is 0. The molecule has 0 unspecified atom stereocenters. The fourth-order valence-electron chi connectivity index (χ4n) is 2.97. The normalized spacial score (nSPS) is 12.1. The van der Waals surface area contributed by atoms with Crippen LogP contribution in [0.5, 0.6) is 0 Å². The Bertz CT molecular complexity index is 953. The number of carbonyl (C=O) groups is 1. The van der Waals surface area contributed by atoms with E-state index in [1.807, 2.05) is 26.0 Å². The molecule has 0 heterocycles. The van der Waals surface area contributed by atoms with Gasteiger partial charge in [0.2, 0.25) is 5.91 Å². The van der Waals surface area contributed by atoms with Crippen molar-refractivity contribution in [3.8, 4) is 0 Å². The van der Waals surface area contributed by atoms with Crippen molar-refractivity contribution in [2.24, 2.45) is 0 Å². The number of amides is 1. The number of anilines is 1. The van der Waals surface area contributed by atoms with Crippen LogP contribution in [0.3, 0.4) is 0 Å². The van der Waals surface area contributed by atoms with Crippen LogP contribution < -0.4 is 5.32 Å². The van der Waals surface area contributed by atoms with Crippen LogP contribution in [-0.2, 0) is 25.8 Å². The molecule has 0 fully saturated rings. The lowest BCUT2D eigenvalue weighted by Crippen LogP contribution is -2.19. The third-order valence-corrected chi connectivity index (χ3v) is 6.27. The Morgan fingerprint density at radius 2 is 1.64 bits per heavy atom. The molecule has 1 N–H and O–H groups in total. The molecule has 0 saturated carbocycles. The average Bonchev–Trinajstić information content (AvgIpc) is 2.57. The molecule has 0 aromatic heterocycles. The van der Waals surface area contributed by atoms with Crippen molar-refractivity contribution < 1.29 is 17.6 Å². The number of hydrogen-bond acceptors (Lipinski definition) is 3. The number of benzene rings is 2. The summed E-state index contributed by atoms with van der Waals surface area (Å²) in [6.45, 7) is 10.2. The molecular weight excluding hydrogens is 377 g/mol. The van der Waals surface area contributed by atoms with Gasteiger partial charge in [-0.15, -0.1) is 0 Å². The van der Waals surface area contributed by atoms with Gasteiger partial charge < -0.3 is 5.32 Å². The molecule has 0 aliphatic rings. The predicted molar refractivity (Wildman–Crippen MR) is 112 cm³/mol. The van der Waals surface area contributed by atoms with Gasteiger partial charge in [0.05, 0.1) is 17.2 Å². The molecular formula is C22H28FNO3S. The van der Waals surface area contributed by atoms with Gasteiger partial charge in [-0.2, -0.15) is 0 Å². The summed E-state index contributed by atoms with van der Waals surface area (Å²) in [7, 11) is -3.48. The molecule has 1 amide bonds. The van der Waals surface area contributed by atoms with E-state index in [4.69, 9.17) is 0 Å². The Morgan fingerprint density at radius 3 is 2.18 bits per heavy atom. The topological polar surface area (TPSA) is 63.2 Å². The van der Waals surface area contributed by atoms with Gasteiger partial charge >= 0.3 is 0 Å².